The summed E-state index contributed by atoms with van der Waals surface area (Å²) in [4.78, 5) is 23.1. The number of nitrogens with zero attached hydrogens (tertiary/aromatic N) is 3. The second kappa shape index (κ2) is 8.62. The van der Waals surface area contributed by atoms with Gasteiger partial charge in [0.25, 0.3) is 0 Å². The van der Waals surface area contributed by atoms with Gasteiger partial charge >= 0.3 is 0 Å². The molecule has 0 aliphatic carbocycles. The van der Waals surface area contributed by atoms with Crippen LogP contribution in [-0.2, 0) is 4.79 Å². The van der Waals surface area contributed by atoms with Crippen molar-refractivity contribution >= 4 is 22.9 Å². The first kappa shape index (κ1) is 21.1. The van der Waals surface area contributed by atoms with Crippen LogP contribution in [0, 0.1) is 6.92 Å². The van der Waals surface area contributed by atoms with Crippen molar-refractivity contribution in [2.24, 2.45) is 0 Å². The van der Waals surface area contributed by atoms with Gasteiger partial charge in [0.2, 0.25) is 5.91 Å². The van der Waals surface area contributed by atoms with Gasteiger partial charge in [-0.25, -0.2) is 4.98 Å². The number of carbonyl (C=O) groups is 1. The number of rotatable bonds is 5. The van der Waals surface area contributed by atoms with Crippen molar-refractivity contribution in [2.75, 3.05) is 13.7 Å². The first-order valence-corrected chi connectivity index (χ1v) is 11.3. The number of hydrogen-bond acceptors (Lipinski definition) is 3. The minimum Gasteiger partial charge on any atom is -0.495 e. The van der Waals surface area contributed by atoms with Crippen LogP contribution in [0.15, 0.2) is 66.8 Å². The third-order valence-electron chi connectivity index (χ3n) is 6.45. The van der Waals surface area contributed by atoms with Crippen LogP contribution in [0.3, 0.4) is 0 Å². The topological polar surface area (TPSA) is 63.1 Å². The van der Waals surface area contributed by atoms with Gasteiger partial charge < -0.3 is 19.2 Å². The van der Waals surface area contributed by atoms with Crippen molar-refractivity contribution in [3.8, 4) is 11.4 Å². The van der Waals surface area contributed by atoms with Crippen LogP contribution >= 0.6 is 0 Å². The maximum Gasteiger partial charge on any atom is 0.250 e. The lowest BCUT2D eigenvalue weighted by Gasteiger charge is -2.34. The quantitative estimate of drug-likeness (QED) is 0.421. The van der Waals surface area contributed by atoms with Gasteiger partial charge in [0.05, 0.1) is 30.9 Å². The highest BCUT2D eigenvalue weighted by Gasteiger charge is 2.29. The van der Waals surface area contributed by atoms with Crippen LogP contribution in [0.1, 0.15) is 42.6 Å². The highest BCUT2D eigenvalue weighted by atomic mass is 16.5. The number of fused-ring (bicyclic) bond motifs is 1. The summed E-state index contributed by atoms with van der Waals surface area (Å²) in [6, 6.07) is 14.2. The molecule has 0 bridgehead atoms. The van der Waals surface area contributed by atoms with Crippen LogP contribution in [-0.4, -0.2) is 39.0 Å². The Labute approximate surface area is 193 Å². The number of amides is 1. The molecule has 0 saturated carbocycles. The number of methoxy groups -OCH3 is 1. The summed E-state index contributed by atoms with van der Waals surface area (Å²) in [5.41, 5.74) is 5.91. The Balaban J connectivity index is 1.42. The number of piperidine rings is 1. The maximum atomic E-state index is 13.5. The third-order valence-corrected chi connectivity index (χ3v) is 6.45. The Morgan fingerprint density at radius 1 is 1.21 bits per heavy atom. The predicted molar refractivity (Wildman–Crippen MR) is 130 cm³/mol. The number of H-pyrrole nitrogens is 1. The van der Waals surface area contributed by atoms with Crippen LogP contribution in [0.5, 0.6) is 5.75 Å². The normalized spacial score (nSPS) is 16.5. The van der Waals surface area contributed by atoms with Crippen molar-refractivity contribution < 1.29 is 9.53 Å². The molecule has 1 aliphatic rings. The molecule has 1 N–H and O–H groups in total. The van der Waals surface area contributed by atoms with Crippen molar-refractivity contribution in [2.45, 2.75) is 32.7 Å². The number of para-hydroxylation sites is 1. The average molecular weight is 441 g/mol. The summed E-state index contributed by atoms with van der Waals surface area (Å²) in [5.74, 6) is 0.848. The molecule has 5 rings (SSSR count). The minimum absolute atomic E-state index is 0.00116. The van der Waals surface area contributed by atoms with Gasteiger partial charge in [-0.05, 0) is 62.1 Å². The van der Waals surface area contributed by atoms with Gasteiger partial charge in [0.1, 0.15) is 5.75 Å². The zero-order valence-corrected chi connectivity index (χ0v) is 19.2. The summed E-state index contributed by atoms with van der Waals surface area (Å²) in [7, 11) is 1.66. The first-order chi connectivity index (χ1) is 16.0. The number of ether oxygens (including phenoxy) is 1. The van der Waals surface area contributed by atoms with Crippen molar-refractivity contribution in [1.82, 2.24) is 19.4 Å². The van der Waals surface area contributed by atoms with E-state index in [0.29, 0.717) is 0 Å². The summed E-state index contributed by atoms with van der Waals surface area (Å²) in [6.07, 6.45) is 9.50. The van der Waals surface area contributed by atoms with E-state index >= 15 is 0 Å². The number of aryl methyl sites for hydroxylation is 1. The molecule has 1 aliphatic heterocycles. The number of likely N-dealkylation sites (tertiary alicyclic amines) is 1. The third kappa shape index (κ3) is 3.93. The van der Waals surface area contributed by atoms with E-state index in [9.17, 15) is 4.79 Å². The smallest absolute Gasteiger partial charge is 0.250 e. The Morgan fingerprint density at radius 2 is 2.06 bits per heavy atom. The molecule has 1 atom stereocenters. The van der Waals surface area contributed by atoms with Gasteiger partial charge in [-0.2, -0.15) is 0 Å². The Kier molecular flexibility index (Phi) is 5.50. The summed E-state index contributed by atoms with van der Waals surface area (Å²) < 4.78 is 7.58. The molecule has 33 heavy (non-hydrogen) atoms. The number of hydrogen-bond donors (Lipinski definition) is 1. The fraction of sp³-hybridized carbons (Fsp3) is 0.259. The second-order valence-electron chi connectivity index (χ2n) is 8.59. The zero-order valence-electron chi connectivity index (χ0n) is 19.2. The fourth-order valence-corrected chi connectivity index (χ4v) is 4.70. The first-order valence-electron chi connectivity index (χ1n) is 11.3. The highest BCUT2D eigenvalue weighted by Crippen LogP contribution is 2.33. The Hall–Kier alpha value is -3.80. The van der Waals surface area contributed by atoms with Crippen molar-refractivity contribution in [3.63, 3.8) is 0 Å². The van der Waals surface area contributed by atoms with E-state index in [0.717, 1.165) is 58.7 Å². The average Bonchev–Trinajstić information content (AvgIpc) is 3.46. The van der Waals surface area contributed by atoms with Crippen molar-refractivity contribution in [1.29, 1.82) is 0 Å². The molecular formula is C27H28N4O2. The molecule has 0 spiro atoms. The Morgan fingerprint density at radius 3 is 2.85 bits per heavy atom. The van der Waals surface area contributed by atoms with Crippen LogP contribution in [0.25, 0.3) is 22.7 Å². The van der Waals surface area contributed by atoms with Gasteiger partial charge in [-0.3, -0.25) is 4.79 Å². The van der Waals surface area contributed by atoms with E-state index in [-0.39, 0.29) is 11.9 Å². The van der Waals surface area contributed by atoms with E-state index in [1.807, 2.05) is 65.2 Å². The monoisotopic (exact) mass is 440 g/mol. The number of aromatic nitrogens is 3. The lowest BCUT2D eigenvalue weighted by atomic mass is 9.97. The molecule has 168 valence electrons. The van der Waals surface area contributed by atoms with Crippen LogP contribution in [0.4, 0.5) is 0 Å². The molecule has 4 aromatic rings. The van der Waals surface area contributed by atoms with E-state index in [1.54, 1.807) is 13.4 Å². The zero-order chi connectivity index (χ0) is 22.9. The molecule has 1 fully saturated rings. The molecule has 0 radical (unpaired) electrons. The summed E-state index contributed by atoms with van der Waals surface area (Å²) >= 11 is 0. The number of aromatic amines is 1. The molecule has 1 saturated heterocycles. The number of nitrogens with one attached hydrogen (secondary N) is 1. The molecule has 1 unspecified atom stereocenters. The lowest BCUT2D eigenvalue weighted by Crippen LogP contribution is -2.38. The maximum absolute atomic E-state index is 13.5. The van der Waals surface area contributed by atoms with Gasteiger partial charge in [-0.1, -0.05) is 24.3 Å². The SMILES string of the molecule is COc1cc(C=C2CCCN(C(C)c3c[nH]c4ccccc34)C2=O)ccc1-n1cnc(C)c1. The molecule has 6 heteroatoms. The Bertz CT molecular complexity index is 1350. The van der Waals surface area contributed by atoms with Gasteiger partial charge in [0.15, 0.2) is 0 Å². The van der Waals surface area contributed by atoms with Gasteiger partial charge in [-0.15, -0.1) is 0 Å². The largest absolute Gasteiger partial charge is 0.495 e. The van der Waals surface area contributed by atoms with E-state index < -0.39 is 0 Å². The summed E-state index contributed by atoms with van der Waals surface area (Å²) in [6.45, 7) is 4.83. The lowest BCUT2D eigenvalue weighted by molar-refractivity contribution is -0.130. The standard InChI is InChI=1S/C27H28N4O2/c1-18-16-30(17-29-18)25-11-10-20(14-26(25)33-3)13-21-7-6-12-31(27(21)32)19(2)23-15-28-24-9-5-4-8-22(23)24/h4-5,8-11,13-17,19,28H,6-7,12H2,1-3H3. The molecule has 6 nitrogen and oxygen atoms in total. The number of benzene rings is 2. The molecule has 3 heterocycles. The van der Waals surface area contributed by atoms with E-state index in [1.165, 1.54) is 5.39 Å². The number of imidazole rings is 1. The summed E-state index contributed by atoms with van der Waals surface area (Å²) in [5, 5.41) is 1.17. The fourth-order valence-electron chi connectivity index (χ4n) is 4.70. The van der Waals surface area contributed by atoms with E-state index in [2.05, 4.69) is 29.0 Å². The molecule has 2 aromatic carbocycles. The van der Waals surface area contributed by atoms with Crippen molar-refractivity contribution in [3.05, 3.63) is 83.6 Å². The highest BCUT2D eigenvalue weighted by molar-refractivity contribution is 5.99. The second-order valence-corrected chi connectivity index (χ2v) is 8.59. The van der Waals surface area contributed by atoms with Gasteiger partial charge in [0, 0.05) is 35.4 Å². The number of carbonyl (C=O) groups excluding carboxylic acids is 1. The predicted octanol–water partition coefficient (Wildman–Crippen LogP) is 5.44. The van der Waals surface area contributed by atoms with E-state index in [4.69, 9.17) is 4.74 Å². The molecular weight excluding hydrogens is 412 g/mol. The molecule has 1 amide bonds. The van der Waals surface area contributed by atoms with Crippen LogP contribution < -0.4 is 4.74 Å². The van der Waals surface area contributed by atoms with Crippen LogP contribution in [0.2, 0.25) is 0 Å². The minimum atomic E-state index is -0.00116. The molecule has 2 aromatic heterocycles.